The van der Waals surface area contributed by atoms with Crippen LogP contribution in [0.3, 0.4) is 0 Å². The van der Waals surface area contributed by atoms with E-state index in [0.717, 1.165) is 5.69 Å². The Labute approximate surface area is 144 Å². The molecular weight excluding hydrogens is 278 g/mol. The maximum absolute atomic E-state index is 4.88. The molecule has 1 aromatic rings. The zero-order valence-corrected chi connectivity index (χ0v) is 15.5. The van der Waals surface area contributed by atoms with Gasteiger partial charge in [-0.2, -0.15) is 0 Å². The minimum Gasteiger partial charge on any atom is -0.258 e. The quantitative estimate of drug-likeness (QED) is 0.244. The number of nitrogens with zero attached hydrogens (tertiary/aromatic N) is 1. The summed E-state index contributed by atoms with van der Waals surface area (Å²) in [6.45, 7) is 4.55. The highest BCUT2D eigenvalue weighted by molar-refractivity contribution is 5.86. The standard InChI is InChI=1S/C22H37N/c1-3-5-7-8-9-10-11-12-14-18-21(17-6-4-2)23-22-19-15-13-16-20-22/h13,15-16,19-20H,3-12,14,17-18H2,1-2H3. The number of aliphatic imine (C=N–C) groups is 1. The van der Waals surface area contributed by atoms with Gasteiger partial charge in [-0.3, -0.25) is 4.99 Å². The molecule has 0 bridgehead atoms. The van der Waals surface area contributed by atoms with Crippen molar-refractivity contribution in [3.05, 3.63) is 30.3 Å². The molecule has 0 radical (unpaired) electrons. The fourth-order valence-corrected chi connectivity index (χ4v) is 2.94. The highest BCUT2D eigenvalue weighted by Gasteiger charge is 2.01. The zero-order chi connectivity index (χ0) is 16.6. The van der Waals surface area contributed by atoms with Crippen molar-refractivity contribution in [3.63, 3.8) is 0 Å². The van der Waals surface area contributed by atoms with Gasteiger partial charge in [-0.25, -0.2) is 0 Å². The lowest BCUT2D eigenvalue weighted by Crippen LogP contribution is -1.98. The Balaban J connectivity index is 2.20. The lowest BCUT2D eigenvalue weighted by atomic mass is 10.0. The van der Waals surface area contributed by atoms with E-state index in [9.17, 15) is 0 Å². The maximum Gasteiger partial charge on any atom is 0.0629 e. The second-order valence-corrected chi connectivity index (χ2v) is 6.70. The van der Waals surface area contributed by atoms with Gasteiger partial charge in [0.2, 0.25) is 0 Å². The molecule has 0 spiro atoms. The van der Waals surface area contributed by atoms with Crippen molar-refractivity contribution in [3.8, 4) is 0 Å². The Bertz CT molecular complexity index is 394. The first kappa shape index (κ1) is 19.9. The van der Waals surface area contributed by atoms with Gasteiger partial charge in [-0.05, 0) is 37.8 Å². The highest BCUT2D eigenvalue weighted by atomic mass is 14.7. The molecule has 0 aliphatic carbocycles. The number of hydrogen-bond acceptors (Lipinski definition) is 1. The summed E-state index contributed by atoms with van der Waals surface area (Å²) in [4.78, 5) is 4.88. The molecule has 1 heteroatoms. The van der Waals surface area contributed by atoms with E-state index in [1.165, 1.54) is 89.2 Å². The molecule has 1 rings (SSSR count). The van der Waals surface area contributed by atoms with E-state index in [1.54, 1.807) is 0 Å². The summed E-state index contributed by atoms with van der Waals surface area (Å²) in [5.41, 5.74) is 2.52. The lowest BCUT2D eigenvalue weighted by Gasteiger charge is -2.07. The van der Waals surface area contributed by atoms with Crippen molar-refractivity contribution in [2.75, 3.05) is 0 Å². The van der Waals surface area contributed by atoms with E-state index >= 15 is 0 Å². The summed E-state index contributed by atoms with van der Waals surface area (Å²) < 4.78 is 0. The molecule has 0 aliphatic rings. The average molecular weight is 316 g/mol. The van der Waals surface area contributed by atoms with Crippen LogP contribution in [0.5, 0.6) is 0 Å². The van der Waals surface area contributed by atoms with Gasteiger partial charge in [0.1, 0.15) is 0 Å². The summed E-state index contributed by atoms with van der Waals surface area (Å²) in [6, 6.07) is 10.4. The van der Waals surface area contributed by atoms with Crippen molar-refractivity contribution in [2.24, 2.45) is 4.99 Å². The molecule has 130 valence electrons. The first-order valence-corrected chi connectivity index (χ1v) is 9.98. The number of para-hydroxylation sites is 1. The third kappa shape index (κ3) is 11.1. The second-order valence-electron chi connectivity index (χ2n) is 6.70. The Kier molecular flexibility index (Phi) is 12.6. The van der Waals surface area contributed by atoms with Gasteiger partial charge in [-0.1, -0.05) is 89.8 Å². The molecule has 0 unspecified atom stereocenters. The third-order valence-corrected chi connectivity index (χ3v) is 4.43. The molecule has 23 heavy (non-hydrogen) atoms. The molecule has 1 aromatic carbocycles. The predicted octanol–water partition coefficient (Wildman–Crippen LogP) is 7.87. The van der Waals surface area contributed by atoms with E-state index in [0.29, 0.717) is 0 Å². The fourth-order valence-electron chi connectivity index (χ4n) is 2.94. The molecular formula is C22H37N. The van der Waals surface area contributed by atoms with Crippen LogP contribution in [-0.2, 0) is 0 Å². The van der Waals surface area contributed by atoms with Crippen LogP contribution in [0.15, 0.2) is 35.3 Å². The van der Waals surface area contributed by atoms with Gasteiger partial charge in [0.15, 0.2) is 0 Å². The van der Waals surface area contributed by atoms with Crippen molar-refractivity contribution in [2.45, 2.75) is 97.3 Å². The first-order chi connectivity index (χ1) is 11.4. The molecule has 0 fully saturated rings. The Morgan fingerprint density at radius 1 is 0.652 bits per heavy atom. The van der Waals surface area contributed by atoms with E-state index in [-0.39, 0.29) is 0 Å². The van der Waals surface area contributed by atoms with Crippen LogP contribution in [0, 0.1) is 0 Å². The fraction of sp³-hybridized carbons (Fsp3) is 0.682. The number of rotatable bonds is 14. The average Bonchev–Trinajstić information content (AvgIpc) is 2.59. The van der Waals surface area contributed by atoms with Crippen LogP contribution in [0.25, 0.3) is 0 Å². The lowest BCUT2D eigenvalue weighted by molar-refractivity contribution is 0.567. The SMILES string of the molecule is CCCCCCCCCCCC(CCCC)=Nc1ccccc1. The van der Waals surface area contributed by atoms with Crippen LogP contribution < -0.4 is 0 Å². The highest BCUT2D eigenvalue weighted by Crippen LogP contribution is 2.16. The molecule has 0 N–H and O–H groups in total. The summed E-state index contributed by atoms with van der Waals surface area (Å²) >= 11 is 0. The van der Waals surface area contributed by atoms with Crippen LogP contribution in [0.1, 0.15) is 97.3 Å². The number of unbranched alkanes of at least 4 members (excludes halogenated alkanes) is 9. The Morgan fingerprint density at radius 3 is 1.78 bits per heavy atom. The molecule has 0 atom stereocenters. The van der Waals surface area contributed by atoms with Gasteiger partial charge < -0.3 is 0 Å². The van der Waals surface area contributed by atoms with Gasteiger partial charge in [-0.15, -0.1) is 0 Å². The minimum absolute atomic E-state index is 1.12. The topological polar surface area (TPSA) is 12.4 Å². The summed E-state index contributed by atoms with van der Waals surface area (Å²) in [6.07, 6.45) is 17.4. The monoisotopic (exact) mass is 315 g/mol. The largest absolute Gasteiger partial charge is 0.258 e. The van der Waals surface area contributed by atoms with Gasteiger partial charge in [0.25, 0.3) is 0 Å². The smallest absolute Gasteiger partial charge is 0.0629 e. The van der Waals surface area contributed by atoms with Gasteiger partial charge in [0.05, 0.1) is 5.69 Å². The maximum atomic E-state index is 4.88. The normalized spacial score (nSPS) is 11.8. The predicted molar refractivity (Wildman–Crippen MR) is 105 cm³/mol. The Morgan fingerprint density at radius 2 is 1.17 bits per heavy atom. The van der Waals surface area contributed by atoms with Gasteiger partial charge in [0, 0.05) is 5.71 Å². The van der Waals surface area contributed by atoms with Crippen LogP contribution in [0.2, 0.25) is 0 Å². The summed E-state index contributed by atoms with van der Waals surface area (Å²) in [7, 11) is 0. The Hall–Kier alpha value is -1.11. The van der Waals surface area contributed by atoms with Gasteiger partial charge >= 0.3 is 0 Å². The number of hydrogen-bond donors (Lipinski definition) is 0. The van der Waals surface area contributed by atoms with Crippen molar-refractivity contribution >= 4 is 11.4 Å². The van der Waals surface area contributed by atoms with E-state index < -0.39 is 0 Å². The zero-order valence-electron chi connectivity index (χ0n) is 15.5. The van der Waals surface area contributed by atoms with Crippen molar-refractivity contribution in [1.29, 1.82) is 0 Å². The molecule has 0 aliphatic heterocycles. The summed E-state index contributed by atoms with van der Waals surface area (Å²) in [5.74, 6) is 0. The van der Waals surface area contributed by atoms with E-state index in [1.807, 2.05) is 0 Å². The molecule has 0 saturated heterocycles. The second kappa shape index (κ2) is 14.5. The molecule has 1 nitrogen and oxygen atoms in total. The summed E-state index contributed by atoms with van der Waals surface area (Å²) in [5, 5.41) is 0. The van der Waals surface area contributed by atoms with Crippen molar-refractivity contribution in [1.82, 2.24) is 0 Å². The third-order valence-electron chi connectivity index (χ3n) is 4.43. The van der Waals surface area contributed by atoms with Crippen LogP contribution in [-0.4, -0.2) is 5.71 Å². The minimum atomic E-state index is 1.12. The van der Waals surface area contributed by atoms with E-state index in [2.05, 4.69) is 44.2 Å². The first-order valence-electron chi connectivity index (χ1n) is 9.98. The number of benzene rings is 1. The molecule has 0 heterocycles. The molecule has 0 saturated carbocycles. The van der Waals surface area contributed by atoms with Crippen LogP contribution in [0.4, 0.5) is 5.69 Å². The van der Waals surface area contributed by atoms with Crippen LogP contribution >= 0.6 is 0 Å². The molecule has 0 aromatic heterocycles. The van der Waals surface area contributed by atoms with Crippen molar-refractivity contribution < 1.29 is 0 Å². The van der Waals surface area contributed by atoms with E-state index in [4.69, 9.17) is 4.99 Å². The molecule has 0 amide bonds.